The average Bonchev–Trinajstić information content (AvgIpc) is 3.12. The molecule has 132 valence electrons. The van der Waals surface area contributed by atoms with E-state index in [4.69, 9.17) is 19.5 Å². The van der Waals surface area contributed by atoms with Gasteiger partial charge >= 0.3 is 0 Å². The molecule has 1 fully saturated rings. The van der Waals surface area contributed by atoms with E-state index >= 15 is 0 Å². The van der Waals surface area contributed by atoms with Gasteiger partial charge in [0.05, 0.1) is 24.3 Å². The van der Waals surface area contributed by atoms with Gasteiger partial charge in [-0.1, -0.05) is 0 Å². The summed E-state index contributed by atoms with van der Waals surface area (Å²) in [6, 6.07) is 9.18. The zero-order valence-electron chi connectivity index (χ0n) is 14.1. The van der Waals surface area contributed by atoms with Crippen LogP contribution in [0.1, 0.15) is 30.7 Å². The lowest BCUT2D eigenvalue weighted by Crippen LogP contribution is -2.36. The van der Waals surface area contributed by atoms with Gasteiger partial charge in [-0.3, -0.25) is 4.90 Å². The largest absolute Gasteiger partial charge is 0.419 e. The Morgan fingerprint density at radius 1 is 1.24 bits per heavy atom. The molecule has 2 heterocycles. The molecule has 0 bridgehead atoms. The summed E-state index contributed by atoms with van der Waals surface area (Å²) in [7, 11) is 0. The van der Waals surface area contributed by atoms with Crippen molar-refractivity contribution in [1.82, 2.24) is 15.1 Å². The molecule has 3 rings (SSSR count). The van der Waals surface area contributed by atoms with Crippen LogP contribution < -0.4 is 0 Å². The van der Waals surface area contributed by atoms with E-state index in [2.05, 4.69) is 21.2 Å². The van der Waals surface area contributed by atoms with Crippen LogP contribution in [-0.2, 0) is 11.3 Å². The van der Waals surface area contributed by atoms with E-state index in [0.29, 0.717) is 36.9 Å². The number of hydrogen-bond donors (Lipinski definition) is 1. The maximum Gasteiger partial charge on any atom is 0.247 e. The smallest absolute Gasteiger partial charge is 0.247 e. The van der Waals surface area contributed by atoms with Crippen LogP contribution in [0.4, 0.5) is 0 Å². The van der Waals surface area contributed by atoms with Crippen LogP contribution in [-0.4, -0.2) is 52.6 Å². The minimum atomic E-state index is 0.178. The molecule has 1 aliphatic heterocycles. The van der Waals surface area contributed by atoms with Crippen molar-refractivity contribution in [1.29, 1.82) is 5.26 Å². The van der Waals surface area contributed by atoms with Crippen molar-refractivity contribution in [3.8, 4) is 17.5 Å². The first kappa shape index (κ1) is 17.5. The second-order valence-corrected chi connectivity index (χ2v) is 6.11. The van der Waals surface area contributed by atoms with E-state index in [9.17, 15) is 0 Å². The van der Waals surface area contributed by atoms with E-state index in [1.807, 2.05) is 12.1 Å². The summed E-state index contributed by atoms with van der Waals surface area (Å²) in [6.45, 7) is 3.29. The third-order valence-electron chi connectivity index (χ3n) is 4.28. The number of likely N-dealkylation sites (tertiary alicyclic amines) is 1. The SMILES string of the molecule is N#Cc1ccc(-c2nnc(CN3CCC(OCCCO)CC3)o2)cc1. The first-order valence-corrected chi connectivity index (χ1v) is 8.56. The van der Waals surface area contributed by atoms with E-state index < -0.39 is 0 Å². The summed E-state index contributed by atoms with van der Waals surface area (Å²) in [5.74, 6) is 1.07. The number of ether oxygens (including phenoxy) is 1. The molecule has 0 radical (unpaired) electrons. The van der Waals surface area contributed by atoms with Crippen LogP contribution in [0.2, 0.25) is 0 Å². The van der Waals surface area contributed by atoms with Gasteiger partial charge in [0.15, 0.2) is 0 Å². The molecule has 0 aliphatic carbocycles. The molecule has 7 nitrogen and oxygen atoms in total. The predicted octanol–water partition coefficient (Wildman–Crippen LogP) is 1.97. The van der Waals surface area contributed by atoms with E-state index in [1.54, 1.807) is 12.1 Å². The summed E-state index contributed by atoms with van der Waals surface area (Å²) < 4.78 is 11.5. The molecule has 2 aromatic rings. The molecule has 1 aliphatic rings. The number of nitriles is 1. The zero-order valence-corrected chi connectivity index (χ0v) is 14.1. The van der Waals surface area contributed by atoms with Crippen molar-refractivity contribution in [3.05, 3.63) is 35.7 Å². The topological polar surface area (TPSA) is 95.4 Å². The van der Waals surface area contributed by atoms with Crippen LogP contribution in [0, 0.1) is 11.3 Å². The fourth-order valence-corrected chi connectivity index (χ4v) is 2.86. The molecular weight excluding hydrogens is 320 g/mol. The van der Waals surface area contributed by atoms with Gasteiger partial charge in [-0.15, -0.1) is 10.2 Å². The third-order valence-corrected chi connectivity index (χ3v) is 4.28. The van der Waals surface area contributed by atoms with Gasteiger partial charge in [-0.2, -0.15) is 5.26 Å². The summed E-state index contributed by atoms with van der Waals surface area (Å²) in [4.78, 5) is 2.28. The summed E-state index contributed by atoms with van der Waals surface area (Å²) >= 11 is 0. The summed E-state index contributed by atoms with van der Waals surface area (Å²) in [5.41, 5.74) is 1.42. The van der Waals surface area contributed by atoms with Gasteiger partial charge in [0.2, 0.25) is 11.8 Å². The maximum atomic E-state index is 8.84. The summed E-state index contributed by atoms with van der Waals surface area (Å²) in [6.07, 6.45) is 2.92. The Hall–Kier alpha value is -2.27. The minimum Gasteiger partial charge on any atom is -0.419 e. The molecule has 1 aromatic heterocycles. The first-order valence-electron chi connectivity index (χ1n) is 8.56. The zero-order chi connectivity index (χ0) is 17.5. The quantitative estimate of drug-likeness (QED) is 0.769. The minimum absolute atomic E-state index is 0.178. The number of benzene rings is 1. The van der Waals surface area contributed by atoms with Crippen molar-refractivity contribution < 1.29 is 14.3 Å². The first-order chi connectivity index (χ1) is 12.3. The molecule has 1 saturated heterocycles. The lowest BCUT2D eigenvalue weighted by Gasteiger charge is -2.30. The van der Waals surface area contributed by atoms with E-state index in [1.165, 1.54) is 0 Å². The van der Waals surface area contributed by atoms with Crippen LogP contribution in [0.3, 0.4) is 0 Å². The monoisotopic (exact) mass is 342 g/mol. The van der Waals surface area contributed by atoms with Crippen LogP contribution in [0.5, 0.6) is 0 Å². The van der Waals surface area contributed by atoms with Crippen LogP contribution in [0.25, 0.3) is 11.5 Å². The highest BCUT2D eigenvalue weighted by molar-refractivity contribution is 5.54. The second-order valence-electron chi connectivity index (χ2n) is 6.11. The maximum absolute atomic E-state index is 8.84. The lowest BCUT2D eigenvalue weighted by molar-refractivity contribution is -0.000571. The van der Waals surface area contributed by atoms with Crippen molar-refractivity contribution in [3.63, 3.8) is 0 Å². The molecular formula is C18H22N4O3. The van der Waals surface area contributed by atoms with Crippen LogP contribution in [0.15, 0.2) is 28.7 Å². The number of hydrogen-bond acceptors (Lipinski definition) is 7. The Kier molecular flexibility index (Phi) is 6.12. The highest BCUT2D eigenvalue weighted by Crippen LogP contribution is 2.20. The Bertz CT molecular complexity index is 700. The molecule has 7 heteroatoms. The van der Waals surface area contributed by atoms with Crippen molar-refractivity contribution in [2.45, 2.75) is 31.9 Å². The molecule has 0 spiro atoms. The predicted molar refractivity (Wildman–Crippen MR) is 90.4 cm³/mol. The molecule has 1 aromatic carbocycles. The number of nitrogens with zero attached hydrogens (tertiary/aromatic N) is 4. The molecule has 0 atom stereocenters. The number of aliphatic hydroxyl groups is 1. The fourth-order valence-electron chi connectivity index (χ4n) is 2.86. The van der Waals surface area contributed by atoms with E-state index in [0.717, 1.165) is 31.5 Å². The lowest BCUT2D eigenvalue weighted by atomic mass is 10.1. The average molecular weight is 342 g/mol. The normalized spacial score (nSPS) is 16.0. The fraction of sp³-hybridized carbons (Fsp3) is 0.500. The highest BCUT2D eigenvalue weighted by atomic mass is 16.5. The van der Waals surface area contributed by atoms with Gasteiger partial charge < -0.3 is 14.3 Å². The van der Waals surface area contributed by atoms with Gasteiger partial charge in [-0.05, 0) is 43.5 Å². The molecule has 1 N–H and O–H groups in total. The molecule has 25 heavy (non-hydrogen) atoms. The molecule has 0 unspecified atom stereocenters. The highest BCUT2D eigenvalue weighted by Gasteiger charge is 2.21. The number of rotatable bonds is 7. The Morgan fingerprint density at radius 2 is 2.00 bits per heavy atom. The van der Waals surface area contributed by atoms with E-state index in [-0.39, 0.29) is 12.7 Å². The second kappa shape index (κ2) is 8.72. The Morgan fingerprint density at radius 3 is 2.68 bits per heavy atom. The number of piperidine rings is 1. The number of aromatic nitrogens is 2. The van der Waals surface area contributed by atoms with Crippen molar-refractivity contribution >= 4 is 0 Å². The van der Waals surface area contributed by atoms with Crippen molar-refractivity contribution in [2.75, 3.05) is 26.3 Å². The van der Waals surface area contributed by atoms with Gasteiger partial charge in [0.1, 0.15) is 0 Å². The standard InChI is InChI=1S/C18H22N4O3/c19-12-14-2-4-15(5-3-14)18-21-20-17(25-18)13-22-8-6-16(7-9-22)24-11-1-10-23/h2-5,16,23H,1,6-11,13H2. The Balaban J connectivity index is 1.50. The summed E-state index contributed by atoms with van der Waals surface area (Å²) in [5, 5.41) is 25.8. The Labute approximate surface area is 146 Å². The third kappa shape index (κ3) is 4.86. The molecule has 0 amide bonds. The van der Waals surface area contributed by atoms with Gasteiger partial charge in [-0.25, -0.2) is 0 Å². The van der Waals surface area contributed by atoms with Gasteiger partial charge in [0, 0.05) is 31.9 Å². The molecule has 0 saturated carbocycles. The van der Waals surface area contributed by atoms with Crippen molar-refractivity contribution in [2.24, 2.45) is 0 Å². The number of aliphatic hydroxyl groups excluding tert-OH is 1. The van der Waals surface area contributed by atoms with Gasteiger partial charge in [0.25, 0.3) is 0 Å². The van der Waals surface area contributed by atoms with Crippen LogP contribution >= 0.6 is 0 Å².